The Bertz CT molecular complexity index is 1340. The van der Waals surface area contributed by atoms with E-state index in [4.69, 9.17) is 14.5 Å². The zero-order valence-corrected chi connectivity index (χ0v) is 19.3. The van der Waals surface area contributed by atoms with Gasteiger partial charge in [0.25, 0.3) is 0 Å². The fourth-order valence-corrected chi connectivity index (χ4v) is 4.38. The van der Waals surface area contributed by atoms with Crippen molar-refractivity contribution in [3.8, 4) is 5.75 Å². The maximum absolute atomic E-state index is 13.5. The van der Waals surface area contributed by atoms with E-state index >= 15 is 0 Å². The molecule has 0 aliphatic carbocycles. The first-order chi connectivity index (χ1) is 16.7. The maximum atomic E-state index is 13.5. The number of fused-ring (bicyclic) bond motifs is 3. The van der Waals surface area contributed by atoms with Crippen molar-refractivity contribution < 1.29 is 14.3 Å². The molecule has 2 heterocycles. The standard InChI is InChI=1S/C28H27N3O3/c1-3-18-34-21-16-14-20(15-17-21)26-24(27(32)33-4-2)25(19-10-6-5-7-11-19)30-28-29-22-12-8-9-13-23(22)31(26)28/h5-17,26H,3-4,18H2,1-2H3,(H,29,30)/t26-/m0/s1. The molecular formula is C28H27N3O3. The van der Waals surface area contributed by atoms with E-state index in [9.17, 15) is 4.79 Å². The summed E-state index contributed by atoms with van der Waals surface area (Å²) in [6, 6.07) is 25.3. The lowest BCUT2D eigenvalue weighted by atomic mass is 9.92. The average molecular weight is 454 g/mol. The lowest BCUT2D eigenvalue weighted by Gasteiger charge is -2.31. The summed E-state index contributed by atoms with van der Waals surface area (Å²) >= 11 is 0. The fourth-order valence-electron chi connectivity index (χ4n) is 4.38. The van der Waals surface area contributed by atoms with Crippen LogP contribution in [0.1, 0.15) is 37.4 Å². The second-order valence-electron chi connectivity index (χ2n) is 8.11. The molecule has 4 aromatic rings. The molecule has 0 unspecified atom stereocenters. The molecule has 0 spiro atoms. The second kappa shape index (κ2) is 9.43. The first kappa shape index (κ1) is 21.8. The molecule has 172 valence electrons. The lowest BCUT2D eigenvalue weighted by molar-refractivity contribution is -0.138. The smallest absolute Gasteiger partial charge is 0.338 e. The van der Waals surface area contributed by atoms with Crippen LogP contribution in [0.15, 0.2) is 84.4 Å². The van der Waals surface area contributed by atoms with Crippen molar-refractivity contribution in [2.45, 2.75) is 26.3 Å². The summed E-state index contributed by atoms with van der Waals surface area (Å²) in [7, 11) is 0. The molecule has 34 heavy (non-hydrogen) atoms. The third-order valence-electron chi connectivity index (χ3n) is 5.86. The number of anilines is 1. The quantitative estimate of drug-likeness (QED) is 0.358. The van der Waals surface area contributed by atoms with Crippen LogP contribution in [0.4, 0.5) is 5.95 Å². The van der Waals surface area contributed by atoms with Crippen LogP contribution in [0.5, 0.6) is 5.75 Å². The first-order valence-electron chi connectivity index (χ1n) is 11.6. The second-order valence-corrected chi connectivity index (χ2v) is 8.11. The first-order valence-corrected chi connectivity index (χ1v) is 11.6. The lowest BCUT2D eigenvalue weighted by Crippen LogP contribution is -2.29. The van der Waals surface area contributed by atoms with Crippen LogP contribution in [-0.2, 0) is 9.53 Å². The SMILES string of the molecule is CCCOc1ccc([C@H]2C(C(=O)OCC)=C(c3ccccc3)Nc3nc4ccccc4n32)cc1. The molecule has 6 nitrogen and oxygen atoms in total. The van der Waals surface area contributed by atoms with Crippen LogP contribution in [0, 0.1) is 0 Å². The number of carbonyl (C=O) groups is 1. The number of imidazole rings is 1. The Morgan fingerprint density at radius 2 is 1.71 bits per heavy atom. The zero-order valence-electron chi connectivity index (χ0n) is 19.3. The number of aromatic nitrogens is 2. The molecule has 1 aromatic heterocycles. The van der Waals surface area contributed by atoms with Crippen molar-refractivity contribution in [2.24, 2.45) is 0 Å². The summed E-state index contributed by atoms with van der Waals surface area (Å²) in [4.78, 5) is 18.3. The maximum Gasteiger partial charge on any atom is 0.338 e. The topological polar surface area (TPSA) is 65.4 Å². The predicted molar refractivity (Wildman–Crippen MR) is 134 cm³/mol. The summed E-state index contributed by atoms with van der Waals surface area (Å²) in [5.41, 5.74) is 4.90. The Hall–Kier alpha value is -4.06. The van der Waals surface area contributed by atoms with Gasteiger partial charge in [-0.25, -0.2) is 9.78 Å². The van der Waals surface area contributed by atoms with E-state index in [0.717, 1.165) is 34.3 Å². The predicted octanol–water partition coefficient (Wildman–Crippen LogP) is 5.81. The minimum Gasteiger partial charge on any atom is -0.494 e. The van der Waals surface area contributed by atoms with Crippen molar-refractivity contribution >= 4 is 28.6 Å². The summed E-state index contributed by atoms with van der Waals surface area (Å²) in [6.07, 6.45) is 0.941. The van der Waals surface area contributed by atoms with E-state index in [2.05, 4.69) is 16.8 Å². The highest BCUT2D eigenvalue weighted by atomic mass is 16.5. The van der Waals surface area contributed by atoms with Gasteiger partial charge in [0.05, 0.1) is 41.6 Å². The molecular weight excluding hydrogens is 426 g/mol. The van der Waals surface area contributed by atoms with Crippen LogP contribution in [0.2, 0.25) is 0 Å². The number of rotatable bonds is 7. The van der Waals surface area contributed by atoms with E-state index in [1.165, 1.54) is 0 Å². The highest BCUT2D eigenvalue weighted by Crippen LogP contribution is 2.42. The number of hydrogen-bond acceptors (Lipinski definition) is 5. The minimum absolute atomic E-state index is 0.290. The molecule has 1 aliphatic heterocycles. The summed E-state index contributed by atoms with van der Waals surface area (Å²) in [6.45, 7) is 4.86. The number of nitrogens with one attached hydrogen (secondary N) is 1. The number of carbonyl (C=O) groups excluding carboxylic acids is 1. The van der Waals surface area contributed by atoms with Gasteiger partial charge in [-0.1, -0.05) is 61.5 Å². The van der Waals surface area contributed by atoms with Gasteiger partial charge >= 0.3 is 5.97 Å². The largest absolute Gasteiger partial charge is 0.494 e. The van der Waals surface area contributed by atoms with E-state index in [0.29, 0.717) is 30.4 Å². The van der Waals surface area contributed by atoms with Gasteiger partial charge in [0.15, 0.2) is 0 Å². The van der Waals surface area contributed by atoms with Crippen molar-refractivity contribution in [3.05, 3.63) is 95.6 Å². The van der Waals surface area contributed by atoms with E-state index in [1.807, 2.05) is 85.8 Å². The third-order valence-corrected chi connectivity index (χ3v) is 5.86. The van der Waals surface area contributed by atoms with Gasteiger partial charge in [0, 0.05) is 0 Å². The van der Waals surface area contributed by atoms with Crippen LogP contribution >= 0.6 is 0 Å². The highest BCUT2D eigenvalue weighted by molar-refractivity contribution is 6.03. The van der Waals surface area contributed by atoms with Gasteiger partial charge < -0.3 is 14.8 Å². The molecule has 3 aromatic carbocycles. The van der Waals surface area contributed by atoms with Gasteiger partial charge in [-0.3, -0.25) is 4.57 Å². The number of para-hydroxylation sites is 2. The van der Waals surface area contributed by atoms with E-state index in [1.54, 1.807) is 0 Å². The summed E-state index contributed by atoms with van der Waals surface area (Å²) in [5, 5.41) is 3.44. The Morgan fingerprint density at radius 1 is 0.971 bits per heavy atom. The number of nitrogens with zero attached hydrogens (tertiary/aromatic N) is 2. The Balaban J connectivity index is 1.74. The van der Waals surface area contributed by atoms with Crippen LogP contribution in [0.3, 0.4) is 0 Å². The van der Waals surface area contributed by atoms with Crippen molar-refractivity contribution in [1.29, 1.82) is 0 Å². The molecule has 0 saturated carbocycles. The summed E-state index contributed by atoms with van der Waals surface area (Å²) in [5.74, 6) is 1.14. The normalized spacial score (nSPS) is 15.1. The van der Waals surface area contributed by atoms with Gasteiger partial charge in [0.1, 0.15) is 5.75 Å². The molecule has 6 heteroatoms. The van der Waals surface area contributed by atoms with Gasteiger partial charge in [-0.15, -0.1) is 0 Å². The average Bonchev–Trinajstić information content (AvgIpc) is 3.25. The third kappa shape index (κ3) is 3.92. The van der Waals surface area contributed by atoms with Crippen LogP contribution < -0.4 is 10.1 Å². The Kier molecular flexibility index (Phi) is 6.04. The molecule has 0 amide bonds. The molecule has 0 bridgehead atoms. The number of benzene rings is 3. The molecule has 0 radical (unpaired) electrons. The molecule has 1 atom stereocenters. The van der Waals surface area contributed by atoms with Crippen molar-refractivity contribution in [3.63, 3.8) is 0 Å². The molecule has 0 fully saturated rings. The monoisotopic (exact) mass is 453 g/mol. The molecule has 1 N–H and O–H groups in total. The molecule has 1 aliphatic rings. The zero-order chi connectivity index (χ0) is 23.5. The molecule has 0 saturated heterocycles. The van der Waals surface area contributed by atoms with Crippen LogP contribution in [-0.4, -0.2) is 28.7 Å². The fraction of sp³-hybridized carbons (Fsp3) is 0.214. The van der Waals surface area contributed by atoms with Crippen LogP contribution in [0.25, 0.3) is 16.7 Å². The molecule has 5 rings (SSSR count). The Labute approximate surface area is 198 Å². The Morgan fingerprint density at radius 3 is 2.44 bits per heavy atom. The van der Waals surface area contributed by atoms with E-state index < -0.39 is 6.04 Å². The highest BCUT2D eigenvalue weighted by Gasteiger charge is 2.36. The van der Waals surface area contributed by atoms with Gasteiger partial charge in [-0.05, 0) is 48.7 Å². The number of hydrogen-bond donors (Lipinski definition) is 1. The summed E-state index contributed by atoms with van der Waals surface area (Å²) < 4.78 is 13.4. The van der Waals surface area contributed by atoms with Gasteiger partial charge in [0.2, 0.25) is 5.95 Å². The van der Waals surface area contributed by atoms with E-state index in [-0.39, 0.29) is 5.97 Å². The minimum atomic E-state index is -0.418. The van der Waals surface area contributed by atoms with Crippen molar-refractivity contribution in [2.75, 3.05) is 18.5 Å². The number of esters is 1. The number of ether oxygens (including phenoxy) is 2. The van der Waals surface area contributed by atoms with Crippen molar-refractivity contribution in [1.82, 2.24) is 9.55 Å². The van der Waals surface area contributed by atoms with Gasteiger partial charge in [-0.2, -0.15) is 0 Å².